The van der Waals surface area contributed by atoms with Crippen molar-refractivity contribution in [2.45, 2.75) is 97.8 Å². The molecule has 0 bridgehead atoms. The third-order valence-electron chi connectivity index (χ3n) is 5.54. The van der Waals surface area contributed by atoms with Crippen molar-refractivity contribution in [3.05, 3.63) is 0 Å². The Morgan fingerprint density at radius 2 is 1.44 bits per heavy atom. The first-order chi connectivity index (χ1) is 14.8. The van der Waals surface area contributed by atoms with Crippen molar-refractivity contribution < 1.29 is 24.3 Å². The van der Waals surface area contributed by atoms with E-state index in [-0.39, 0.29) is 23.7 Å². The number of likely N-dealkylation sites (tertiary alicyclic amines) is 1. The van der Waals surface area contributed by atoms with Gasteiger partial charge in [-0.25, -0.2) is 4.79 Å². The quantitative estimate of drug-likeness (QED) is 0.352. The number of carbonyl (C=O) groups excluding carboxylic acids is 3. The molecular formula is C23H42N4O5. The highest BCUT2D eigenvalue weighted by Crippen LogP contribution is 2.20. The highest BCUT2D eigenvalue weighted by Gasteiger charge is 2.38. The number of hydrogen-bond donors (Lipinski definition) is 4. The van der Waals surface area contributed by atoms with Crippen molar-refractivity contribution in [2.24, 2.45) is 23.5 Å². The fourth-order valence-corrected chi connectivity index (χ4v) is 4.06. The van der Waals surface area contributed by atoms with Gasteiger partial charge in [0, 0.05) is 6.54 Å². The molecule has 1 aliphatic rings. The van der Waals surface area contributed by atoms with Crippen molar-refractivity contribution in [3.8, 4) is 0 Å². The van der Waals surface area contributed by atoms with E-state index in [1.54, 1.807) is 0 Å². The number of nitrogens with zero attached hydrogens (tertiary/aromatic N) is 1. The van der Waals surface area contributed by atoms with Crippen LogP contribution in [-0.4, -0.2) is 64.4 Å². The summed E-state index contributed by atoms with van der Waals surface area (Å²) in [6, 6.07) is -3.23. The Balaban J connectivity index is 2.91. The summed E-state index contributed by atoms with van der Waals surface area (Å²) in [6.07, 6.45) is 2.39. The number of nitrogens with one attached hydrogen (secondary N) is 2. The molecule has 4 atom stereocenters. The van der Waals surface area contributed by atoms with E-state index in [0.717, 1.165) is 0 Å². The first-order valence-corrected chi connectivity index (χ1v) is 11.7. The van der Waals surface area contributed by atoms with Crippen LogP contribution in [0.5, 0.6) is 0 Å². The van der Waals surface area contributed by atoms with Crippen LogP contribution < -0.4 is 16.4 Å². The Kier molecular flexibility index (Phi) is 11.1. The molecule has 1 fully saturated rings. The Labute approximate surface area is 191 Å². The second-order valence-electron chi connectivity index (χ2n) is 10.1. The molecule has 9 nitrogen and oxygen atoms in total. The molecule has 1 saturated heterocycles. The molecule has 0 aromatic carbocycles. The molecular weight excluding hydrogens is 412 g/mol. The van der Waals surface area contributed by atoms with Crippen molar-refractivity contribution in [1.82, 2.24) is 15.5 Å². The van der Waals surface area contributed by atoms with E-state index in [4.69, 9.17) is 5.73 Å². The Hall–Kier alpha value is -2.16. The van der Waals surface area contributed by atoms with E-state index in [0.29, 0.717) is 38.6 Å². The van der Waals surface area contributed by atoms with E-state index in [1.807, 2.05) is 41.5 Å². The van der Waals surface area contributed by atoms with Crippen LogP contribution in [0.25, 0.3) is 0 Å². The summed E-state index contributed by atoms with van der Waals surface area (Å²) in [7, 11) is 0. The van der Waals surface area contributed by atoms with Crippen LogP contribution in [-0.2, 0) is 19.2 Å². The molecule has 9 heteroatoms. The minimum absolute atomic E-state index is 0.0858. The van der Waals surface area contributed by atoms with E-state index in [2.05, 4.69) is 10.6 Å². The number of rotatable bonds is 12. The van der Waals surface area contributed by atoms with Gasteiger partial charge in [-0.3, -0.25) is 14.4 Å². The van der Waals surface area contributed by atoms with Gasteiger partial charge in [-0.2, -0.15) is 0 Å². The maximum atomic E-state index is 13.1. The highest BCUT2D eigenvalue weighted by atomic mass is 16.4. The fourth-order valence-electron chi connectivity index (χ4n) is 4.06. The number of carboxylic acids is 1. The van der Waals surface area contributed by atoms with Crippen LogP contribution in [0, 0.1) is 17.8 Å². The molecule has 1 rings (SSSR count). The standard InChI is InChI=1S/C23H42N4O5/c1-13(2)10-16(24)22(30)27-9-7-8-19(27)21(29)25-17(11-14(3)4)20(28)26-18(23(31)32)12-15(5)6/h13-19H,7-12,24H2,1-6H3,(H,25,29)(H,26,28)(H,31,32)/t16-,17-,18-,19-/m0/s1. The van der Waals surface area contributed by atoms with Crippen LogP contribution >= 0.6 is 0 Å². The monoisotopic (exact) mass is 454 g/mol. The van der Waals surface area contributed by atoms with E-state index in [9.17, 15) is 24.3 Å². The summed E-state index contributed by atoms with van der Waals surface area (Å²) in [5.74, 6) is -1.83. The van der Waals surface area contributed by atoms with Gasteiger partial charge in [-0.05, 0) is 49.9 Å². The molecule has 0 unspecified atom stereocenters. The molecule has 0 radical (unpaired) electrons. The zero-order chi connectivity index (χ0) is 24.6. The summed E-state index contributed by atoms with van der Waals surface area (Å²) in [5, 5.41) is 14.8. The molecule has 0 aromatic rings. The molecule has 1 heterocycles. The molecule has 5 N–H and O–H groups in total. The fraction of sp³-hybridized carbons (Fsp3) is 0.826. The Bertz CT molecular complexity index is 665. The third kappa shape index (κ3) is 8.76. The highest BCUT2D eigenvalue weighted by molar-refractivity contribution is 5.94. The average molecular weight is 455 g/mol. The van der Waals surface area contributed by atoms with E-state index >= 15 is 0 Å². The second-order valence-corrected chi connectivity index (χ2v) is 10.1. The molecule has 1 aliphatic heterocycles. The minimum Gasteiger partial charge on any atom is -0.480 e. The van der Waals surface area contributed by atoms with Crippen LogP contribution in [0.2, 0.25) is 0 Å². The number of carbonyl (C=O) groups is 4. The van der Waals surface area contributed by atoms with Gasteiger partial charge in [-0.15, -0.1) is 0 Å². The maximum Gasteiger partial charge on any atom is 0.326 e. The maximum absolute atomic E-state index is 13.1. The van der Waals surface area contributed by atoms with Gasteiger partial charge in [0.05, 0.1) is 6.04 Å². The normalized spacial score (nSPS) is 19.2. The third-order valence-corrected chi connectivity index (χ3v) is 5.54. The topological polar surface area (TPSA) is 142 Å². The zero-order valence-electron chi connectivity index (χ0n) is 20.4. The summed E-state index contributed by atoms with van der Waals surface area (Å²) in [6.45, 7) is 12.0. The second kappa shape index (κ2) is 12.8. The average Bonchev–Trinajstić information content (AvgIpc) is 3.14. The van der Waals surface area contributed by atoms with Crippen molar-refractivity contribution in [3.63, 3.8) is 0 Å². The molecule has 0 spiro atoms. The minimum atomic E-state index is -1.10. The molecule has 0 aromatic heterocycles. The molecule has 0 saturated carbocycles. The van der Waals surface area contributed by atoms with Gasteiger partial charge < -0.3 is 26.4 Å². The van der Waals surface area contributed by atoms with Crippen molar-refractivity contribution in [1.29, 1.82) is 0 Å². The largest absolute Gasteiger partial charge is 0.480 e. The Morgan fingerprint density at radius 3 is 1.94 bits per heavy atom. The van der Waals surface area contributed by atoms with Crippen molar-refractivity contribution in [2.75, 3.05) is 6.54 Å². The lowest BCUT2D eigenvalue weighted by Gasteiger charge is -2.29. The first kappa shape index (κ1) is 27.9. The zero-order valence-corrected chi connectivity index (χ0v) is 20.4. The van der Waals surface area contributed by atoms with Gasteiger partial charge in [0.2, 0.25) is 17.7 Å². The number of hydrogen-bond acceptors (Lipinski definition) is 5. The van der Waals surface area contributed by atoms with Gasteiger partial charge in [0.15, 0.2) is 0 Å². The molecule has 0 aliphatic carbocycles. The number of nitrogens with two attached hydrogens (primary N) is 1. The number of carboxylic acid groups (broad SMARTS) is 1. The van der Waals surface area contributed by atoms with E-state index < -0.39 is 42.0 Å². The van der Waals surface area contributed by atoms with Crippen LogP contribution in [0.1, 0.15) is 73.6 Å². The summed E-state index contributed by atoms with van der Waals surface area (Å²) in [4.78, 5) is 51.8. The van der Waals surface area contributed by atoms with Crippen LogP contribution in [0.4, 0.5) is 0 Å². The summed E-state index contributed by atoms with van der Waals surface area (Å²) < 4.78 is 0. The van der Waals surface area contributed by atoms with Gasteiger partial charge in [-0.1, -0.05) is 41.5 Å². The molecule has 3 amide bonds. The van der Waals surface area contributed by atoms with E-state index in [1.165, 1.54) is 4.90 Å². The van der Waals surface area contributed by atoms with Gasteiger partial charge in [0.1, 0.15) is 18.1 Å². The first-order valence-electron chi connectivity index (χ1n) is 11.7. The summed E-state index contributed by atoms with van der Waals surface area (Å²) in [5.41, 5.74) is 6.06. The number of aliphatic carboxylic acids is 1. The summed E-state index contributed by atoms with van der Waals surface area (Å²) >= 11 is 0. The predicted molar refractivity (Wildman–Crippen MR) is 123 cm³/mol. The SMILES string of the molecule is CC(C)C[C@H](NC(=O)[C@H](CC(C)C)NC(=O)[C@@H]1CCCN1C(=O)[C@@H](N)CC(C)C)C(=O)O. The van der Waals surface area contributed by atoms with Crippen molar-refractivity contribution >= 4 is 23.7 Å². The lowest BCUT2D eigenvalue weighted by atomic mass is 10.00. The van der Waals surface area contributed by atoms with Crippen LogP contribution in [0.15, 0.2) is 0 Å². The molecule has 32 heavy (non-hydrogen) atoms. The lowest BCUT2D eigenvalue weighted by molar-refractivity contribution is -0.143. The lowest BCUT2D eigenvalue weighted by Crippen LogP contribution is -2.57. The smallest absolute Gasteiger partial charge is 0.326 e. The van der Waals surface area contributed by atoms with Crippen LogP contribution in [0.3, 0.4) is 0 Å². The predicted octanol–water partition coefficient (Wildman–Crippen LogP) is 1.50. The molecule has 184 valence electrons. The number of amides is 3. The van der Waals surface area contributed by atoms with Gasteiger partial charge >= 0.3 is 5.97 Å². The van der Waals surface area contributed by atoms with Gasteiger partial charge in [0.25, 0.3) is 0 Å². The Morgan fingerprint density at radius 1 is 0.906 bits per heavy atom.